The molecule has 1 fully saturated rings. The van der Waals surface area contributed by atoms with Crippen LogP contribution in [-0.2, 0) is 18.2 Å². The Labute approximate surface area is 113 Å². The quantitative estimate of drug-likeness (QED) is 0.912. The number of aryl methyl sites for hydroxylation is 1. The Hall–Kier alpha value is -1.39. The van der Waals surface area contributed by atoms with Gasteiger partial charge in [-0.05, 0) is 24.8 Å². The molecule has 1 aromatic carbocycles. The predicted molar refractivity (Wildman–Crippen MR) is 75.9 cm³/mol. The lowest BCUT2D eigenvalue weighted by Crippen LogP contribution is -2.26. The third-order valence-corrected chi connectivity index (χ3v) is 3.95. The number of hydrogen-bond donors (Lipinski definition) is 1. The fourth-order valence-corrected chi connectivity index (χ4v) is 2.97. The number of ether oxygens (including phenoxy) is 1. The maximum absolute atomic E-state index is 6.28. The van der Waals surface area contributed by atoms with E-state index in [9.17, 15) is 0 Å². The highest BCUT2D eigenvalue weighted by Gasteiger charge is 2.20. The molecule has 2 heterocycles. The molecule has 1 aliphatic rings. The molecule has 0 amide bonds. The van der Waals surface area contributed by atoms with Gasteiger partial charge in [0, 0.05) is 38.1 Å². The van der Waals surface area contributed by atoms with E-state index in [0.29, 0.717) is 5.92 Å². The molecule has 4 heteroatoms. The second-order valence-electron chi connectivity index (χ2n) is 5.52. The number of aromatic nitrogens is 2. The molecule has 3 rings (SSSR count). The van der Waals surface area contributed by atoms with Crippen molar-refractivity contribution in [2.45, 2.75) is 25.3 Å². The topological polar surface area (TPSA) is 53.1 Å². The SMILES string of the molecule is Cn1nc(CC(N)CC2CCOC2)c2ccccc21. The van der Waals surface area contributed by atoms with Gasteiger partial charge >= 0.3 is 0 Å². The van der Waals surface area contributed by atoms with Crippen LogP contribution < -0.4 is 5.73 Å². The zero-order valence-corrected chi connectivity index (χ0v) is 11.4. The van der Waals surface area contributed by atoms with E-state index < -0.39 is 0 Å². The van der Waals surface area contributed by atoms with Crippen LogP contribution in [0.25, 0.3) is 10.9 Å². The Morgan fingerprint density at radius 3 is 3.11 bits per heavy atom. The van der Waals surface area contributed by atoms with Crippen LogP contribution in [0.3, 0.4) is 0 Å². The minimum absolute atomic E-state index is 0.171. The largest absolute Gasteiger partial charge is 0.381 e. The van der Waals surface area contributed by atoms with Crippen LogP contribution in [-0.4, -0.2) is 29.0 Å². The van der Waals surface area contributed by atoms with Crippen LogP contribution in [0.5, 0.6) is 0 Å². The minimum atomic E-state index is 0.171. The van der Waals surface area contributed by atoms with Crippen molar-refractivity contribution in [2.75, 3.05) is 13.2 Å². The summed E-state index contributed by atoms with van der Waals surface area (Å²) in [6.45, 7) is 1.76. The van der Waals surface area contributed by atoms with Gasteiger partial charge in [-0.2, -0.15) is 5.10 Å². The average Bonchev–Trinajstić information content (AvgIpc) is 3.00. The summed E-state index contributed by atoms with van der Waals surface area (Å²) in [6, 6.07) is 8.50. The summed E-state index contributed by atoms with van der Waals surface area (Å²) in [7, 11) is 1.99. The molecule has 1 aliphatic heterocycles. The summed E-state index contributed by atoms with van der Waals surface area (Å²) in [5.41, 5.74) is 8.57. The summed E-state index contributed by atoms with van der Waals surface area (Å²) in [4.78, 5) is 0. The van der Waals surface area contributed by atoms with Crippen LogP contribution in [0.2, 0.25) is 0 Å². The van der Waals surface area contributed by atoms with Gasteiger partial charge in [-0.1, -0.05) is 18.2 Å². The fourth-order valence-electron chi connectivity index (χ4n) is 2.97. The third-order valence-electron chi connectivity index (χ3n) is 3.95. The normalized spacial score (nSPS) is 21.1. The van der Waals surface area contributed by atoms with Gasteiger partial charge in [-0.15, -0.1) is 0 Å². The van der Waals surface area contributed by atoms with Gasteiger partial charge in [-0.25, -0.2) is 0 Å². The summed E-state index contributed by atoms with van der Waals surface area (Å²) in [5, 5.41) is 5.83. The van der Waals surface area contributed by atoms with E-state index in [1.54, 1.807) is 0 Å². The second kappa shape index (κ2) is 5.31. The summed E-state index contributed by atoms with van der Waals surface area (Å²) in [5.74, 6) is 0.630. The Bertz CT molecular complexity index is 558. The van der Waals surface area contributed by atoms with E-state index in [0.717, 1.165) is 38.2 Å². The zero-order valence-electron chi connectivity index (χ0n) is 11.4. The van der Waals surface area contributed by atoms with Gasteiger partial charge in [0.15, 0.2) is 0 Å². The fraction of sp³-hybridized carbons (Fsp3) is 0.533. The molecule has 2 unspecified atom stereocenters. The highest BCUT2D eigenvalue weighted by Crippen LogP contribution is 2.22. The Morgan fingerprint density at radius 1 is 1.47 bits per heavy atom. The van der Waals surface area contributed by atoms with Crippen molar-refractivity contribution >= 4 is 10.9 Å². The summed E-state index contributed by atoms with van der Waals surface area (Å²) in [6.07, 6.45) is 3.03. The van der Waals surface area contributed by atoms with Gasteiger partial charge in [0.2, 0.25) is 0 Å². The smallest absolute Gasteiger partial charge is 0.0718 e. The molecule has 4 nitrogen and oxygen atoms in total. The lowest BCUT2D eigenvalue weighted by molar-refractivity contribution is 0.182. The molecule has 1 saturated heterocycles. The number of nitrogens with zero attached hydrogens (tertiary/aromatic N) is 2. The van der Waals surface area contributed by atoms with E-state index in [2.05, 4.69) is 23.3 Å². The maximum atomic E-state index is 6.28. The van der Waals surface area contributed by atoms with Crippen molar-refractivity contribution in [3.63, 3.8) is 0 Å². The van der Waals surface area contributed by atoms with Gasteiger partial charge in [0.1, 0.15) is 0 Å². The highest BCUT2D eigenvalue weighted by molar-refractivity contribution is 5.81. The Kier molecular flexibility index (Phi) is 3.53. The van der Waals surface area contributed by atoms with Crippen LogP contribution in [0, 0.1) is 5.92 Å². The van der Waals surface area contributed by atoms with Crippen LogP contribution in [0.1, 0.15) is 18.5 Å². The lowest BCUT2D eigenvalue weighted by atomic mass is 9.96. The van der Waals surface area contributed by atoms with Gasteiger partial charge < -0.3 is 10.5 Å². The Morgan fingerprint density at radius 2 is 2.32 bits per heavy atom. The van der Waals surface area contributed by atoms with E-state index in [1.165, 1.54) is 10.9 Å². The molecule has 1 aromatic heterocycles. The first-order valence-electron chi connectivity index (χ1n) is 6.98. The predicted octanol–water partition coefficient (Wildman–Crippen LogP) is 1.87. The molecule has 0 saturated carbocycles. The second-order valence-corrected chi connectivity index (χ2v) is 5.52. The number of hydrogen-bond acceptors (Lipinski definition) is 3. The highest BCUT2D eigenvalue weighted by atomic mass is 16.5. The molecule has 19 heavy (non-hydrogen) atoms. The number of benzene rings is 1. The Balaban J connectivity index is 1.73. The van der Waals surface area contributed by atoms with E-state index in [-0.39, 0.29) is 6.04 Å². The third kappa shape index (κ3) is 2.65. The zero-order chi connectivity index (χ0) is 13.2. The molecule has 0 bridgehead atoms. The molecule has 2 atom stereocenters. The van der Waals surface area contributed by atoms with Crippen molar-refractivity contribution in [2.24, 2.45) is 18.7 Å². The van der Waals surface area contributed by atoms with Crippen molar-refractivity contribution in [3.05, 3.63) is 30.0 Å². The maximum Gasteiger partial charge on any atom is 0.0718 e. The van der Waals surface area contributed by atoms with E-state index in [4.69, 9.17) is 10.5 Å². The monoisotopic (exact) mass is 259 g/mol. The minimum Gasteiger partial charge on any atom is -0.381 e. The average molecular weight is 259 g/mol. The number of rotatable bonds is 4. The first-order valence-corrected chi connectivity index (χ1v) is 6.98. The van der Waals surface area contributed by atoms with Gasteiger partial charge in [0.05, 0.1) is 11.2 Å². The van der Waals surface area contributed by atoms with Crippen molar-refractivity contribution in [1.82, 2.24) is 9.78 Å². The standard InChI is InChI=1S/C15H21N3O/c1-18-15-5-3-2-4-13(15)14(17-18)9-12(16)8-11-6-7-19-10-11/h2-5,11-12H,6-10,16H2,1H3. The molecular weight excluding hydrogens is 238 g/mol. The molecular formula is C15H21N3O. The molecule has 2 N–H and O–H groups in total. The van der Waals surface area contributed by atoms with Gasteiger partial charge in [-0.3, -0.25) is 4.68 Å². The van der Waals surface area contributed by atoms with Crippen LogP contribution in [0.4, 0.5) is 0 Å². The van der Waals surface area contributed by atoms with Gasteiger partial charge in [0.25, 0.3) is 0 Å². The molecule has 0 spiro atoms. The van der Waals surface area contributed by atoms with Crippen LogP contribution >= 0.6 is 0 Å². The van der Waals surface area contributed by atoms with Crippen molar-refractivity contribution in [3.8, 4) is 0 Å². The van der Waals surface area contributed by atoms with Crippen molar-refractivity contribution in [1.29, 1.82) is 0 Å². The van der Waals surface area contributed by atoms with Crippen molar-refractivity contribution < 1.29 is 4.74 Å². The molecule has 2 aromatic rings. The molecule has 102 valence electrons. The summed E-state index contributed by atoms with van der Waals surface area (Å²) < 4.78 is 7.35. The van der Waals surface area contributed by atoms with E-state index >= 15 is 0 Å². The number of fused-ring (bicyclic) bond motifs is 1. The number of para-hydroxylation sites is 1. The first kappa shape index (κ1) is 12.6. The number of nitrogens with two attached hydrogens (primary N) is 1. The summed E-state index contributed by atoms with van der Waals surface area (Å²) >= 11 is 0. The molecule has 0 aliphatic carbocycles. The first-order chi connectivity index (χ1) is 9.24. The molecule has 0 radical (unpaired) electrons. The van der Waals surface area contributed by atoms with E-state index in [1.807, 2.05) is 17.8 Å². The lowest BCUT2D eigenvalue weighted by Gasteiger charge is -2.14. The van der Waals surface area contributed by atoms with Crippen LogP contribution in [0.15, 0.2) is 24.3 Å².